The predicted molar refractivity (Wildman–Crippen MR) is 64.0 cm³/mol. The molecule has 0 bridgehead atoms. The first-order valence-corrected chi connectivity index (χ1v) is 5.55. The maximum atomic E-state index is 13.0. The van der Waals surface area contributed by atoms with Gasteiger partial charge in [0.1, 0.15) is 14.1 Å². The number of aromatic amines is 1. The number of nitrogens with zero attached hydrogens (tertiary/aromatic N) is 1. The normalized spacial score (nSPS) is 22.4. The van der Waals surface area contributed by atoms with E-state index in [4.69, 9.17) is 27.2 Å². The lowest BCUT2D eigenvalue weighted by Crippen LogP contribution is -2.20. The summed E-state index contributed by atoms with van der Waals surface area (Å²) in [6.07, 6.45) is 0.614. The number of nitrogens with one attached hydrogen (secondary N) is 1. The van der Waals surface area contributed by atoms with Gasteiger partial charge in [0.15, 0.2) is 11.1 Å². The van der Waals surface area contributed by atoms with E-state index in [1.807, 2.05) is 0 Å². The van der Waals surface area contributed by atoms with Crippen LogP contribution in [0, 0.1) is 10.6 Å². The molecule has 2 heterocycles. The van der Waals surface area contributed by atoms with E-state index in [0.29, 0.717) is 12.8 Å². The fourth-order valence-corrected chi connectivity index (χ4v) is 1.74. The minimum atomic E-state index is -0.923. The van der Waals surface area contributed by atoms with E-state index in [-0.39, 0.29) is 11.3 Å². The van der Waals surface area contributed by atoms with Gasteiger partial charge in [-0.1, -0.05) is 0 Å². The lowest BCUT2D eigenvalue weighted by atomic mass is 10.2. The number of aliphatic hydroxyl groups excluding tert-OH is 2. The topological polar surface area (TPSA) is 87.5 Å². The lowest BCUT2D eigenvalue weighted by Gasteiger charge is -2.14. The molecule has 2 atom stereocenters. The van der Waals surface area contributed by atoms with Crippen LogP contribution in [-0.4, -0.2) is 40.4 Å². The van der Waals surface area contributed by atoms with Crippen molar-refractivity contribution in [2.24, 2.45) is 0 Å². The van der Waals surface area contributed by atoms with Crippen LogP contribution in [0.2, 0.25) is 0 Å². The van der Waals surface area contributed by atoms with E-state index in [2.05, 4.69) is 12.8 Å². The summed E-state index contributed by atoms with van der Waals surface area (Å²) < 4.78 is 19.4. The Kier molecular flexibility index (Phi) is 5.67. The molecule has 18 heavy (non-hydrogen) atoms. The van der Waals surface area contributed by atoms with Gasteiger partial charge in [-0.3, -0.25) is 14.3 Å². The molecule has 1 saturated heterocycles. The molecule has 1 aliphatic heterocycles. The Balaban J connectivity index is 0.000000492. The second-order valence-corrected chi connectivity index (χ2v) is 3.84. The molecule has 0 saturated carbocycles. The number of aromatic nitrogens is 2. The molecule has 3 N–H and O–H groups in total. The van der Waals surface area contributed by atoms with Gasteiger partial charge in [0.05, 0.1) is 6.20 Å². The molecular formula is C9H12BFN2O4S. The van der Waals surface area contributed by atoms with Crippen LogP contribution in [0.4, 0.5) is 4.39 Å². The van der Waals surface area contributed by atoms with Crippen LogP contribution in [0.25, 0.3) is 0 Å². The van der Waals surface area contributed by atoms with Gasteiger partial charge in [-0.15, -0.1) is 0 Å². The Morgan fingerprint density at radius 3 is 2.78 bits per heavy atom. The van der Waals surface area contributed by atoms with Crippen molar-refractivity contribution in [1.82, 2.24) is 9.55 Å². The van der Waals surface area contributed by atoms with Crippen LogP contribution in [0.15, 0.2) is 11.0 Å². The van der Waals surface area contributed by atoms with Crippen LogP contribution >= 0.6 is 12.2 Å². The predicted octanol–water partition coefficient (Wildman–Crippen LogP) is -0.223. The van der Waals surface area contributed by atoms with Crippen LogP contribution in [0.1, 0.15) is 19.1 Å². The Hall–Kier alpha value is -1.03. The average molecular weight is 274 g/mol. The van der Waals surface area contributed by atoms with Crippen LogP contribution in [0.3, 0.4) is 0 Å². The number of hydrogen-bond acceptors (Lipinski definition) is 5. The van der Waals surface area contributed by atoms with Crippen molar-refractivity contribution in [3.63, 3.8) is 0 Å². The van der Waals surface area contributed by atoms with Crippen molar-refractivity contribution in [2.75, 3.05) is 6.51 Å². The highest BCUT2D eigenvalue weighted by Gasteiger charge is 2.25. The van der Waals surface area contributed by atoms with Gasteiger partial charge in [-0.2, -0.15) is 4.39 Å². The van der Waals surface area contributed by atoms with Gasteiger partial charge in [0.2, 0.25) is 5.82 Å². The fourth-order valence-electron chi connectivity index (χ4n) is 1.48. The van der Waals surface area contributed by atoms with E-state index in [0.717, 1.165) is 6.20 Å². The smallest absolute Gasteiger partial charge is 0.287 e. The molecule has 2 rings (SSSR count). The lowest BCUT2D eigenvalue weighted by molar-refractivity contribution is -0.113. The number of aliphatic hydroxyl groups is 2. The van der Waals surface area contributed by atoms with Crippen LogP contribution in [-0.2, 0) is 4.74 Å². The summed E-state index contributed by atoms with van der Waals surface area (Å²) in [5.41, 5.74) is -0.852. The van der Waals surface area contributed by atoms with Crippen molar-refractivity contribution in [2.45, 2.75) is 25.4 Å². The molecule has 0 aromatic carbocycles. The number of H-pyrrole nitrogens is 1. The maximum absolute atomic E-state index is 13.0. The van der Waals surface area contributed by atoms with Gasteiger partial charge >= 0.3 is 0 Å². The van der Waals surface area contributed by atoms with Gasteiger partial charge in [0, 0.05) is 12.9 Å². The van der Waals surface area contributed by atoms with E-state index in [9.17, 15) is 9.18 Å². The van der Waals surface area contributed by atoms with Crippen molar-refractivity contribution in [3.05, 3.63) is 27.1 Å². The molecular weight excluding hydrogens is 262 g/mol. The third kappa shape index (κ3) is 3.74. The molecule has 0 amide bonds. The third-order valence-corrected chi connectivity index (χ3v) is 2.52. The summed E-state index contributed by atoms with van der Waals surface area (Å²) in [5, 5.41) is 16.5. The van der Waals surface area contributed by atoms with E-state index in [1.54, 1.807) is 0 Å². The molecule has 6 nitrogen and oxygen atoms in total. The highest BCUT2D eigenvalue weighted by Crippen LogP contribution is 2.26. The van der Waals surface area contributed by atoms with Crippen LogP contribution in [0.5, 0.6) is 0 Å². The van der Waals surface area contributed by atoms with E-state index >= 15 is 0 Å². The number of hydrogen-bond donors (Lipinski definition) is 3. The Bertz CT molecular complexity index is 506. The third-order valence-electron chi connectivity index (χ3n) is 2.21. The minimum Gasteiger partial charge on any atom is -0.406 e. The van der Waals surface area contributed by atoms with Crippen molar-refractivity contribution < 1.29 is 19.3 Å². The summed E-state index contributed by atoms with van der Waals surface area (Å²) in [6, 6.07) is 0. The maximum Gasteiger partial charge on any atom is 0.287 e. The van der Waals surface area contributed by atoms with Crippen molar-refractivity contribution in [1.29, 1.82) is 0 Å². The van der Waals surface area contributed by atoms with Gasteiger partial charge in [-0.05, 0) is 18.6 Å². The van der Waals surface area contributed by atoms with Crippen LogP contribution < -0.4 is 5.56 Å². The first kappa shape index (κ1) is 15.0. The molecule has 1 fully saturated rings. The Morgan fingerprint density at radius 2 is 2.28 bits per heavy atom. The SMILES string of the molecule is O=c1[nH]c(=S)n(C2CC[C@@H](O)O2)cc1F.[B]CO. The zero-order valence-corrected chi connectivity index (χ0v) is 10.2. The second-order valence-electron chi connectivity index (χ2n) is 3.45. The summed E-state index contributed by atoms with van der Waals surface area (Å²) in [7, 11) is 4.40. The van der Waals surface area contributed by atoms with Gasteiger partial charge in [-0.25, -0.2) is 0 Å². The summed E-state index contributed by atoms with van der Waals surface area (Å²) in [5.74, 6) is -0.923. The zero-order chi connectivity index (χ0) is 13.7. The zero-order valence-electron chi connectivity index (χ0n) is 9.38. The summed E-state index contributed by atoms with van der Waals surface area (Å²) in [4.78, 5) is 13.1. The number of ether oxygens (including phenoxy) is 1. The molecule has 2 radical (unpaired) electrons. The molecule has 1 aromatic heterocycles. The minimum absolute atomic E-state index is 0.0838. The number of halogens is 1. The standard InChI is InChI=1S/C8H9FN2O3S.CH3BO/c9-4-3-11(8(15)10-7(4)13)5-1-2-6(12)14-5;2-1-3/h3,5-6,12H,1-2H2,(H,10,13,15);3H,1H2/t5?,6-;/m0./s1. The van der Waals surface area contributed by atoms with Gasteiger partial charge in [0.25, 0.3) is 5.56 Å². The quantitative estimate of drug-likeness (QED) is 0.486. The fraction of sp³-hybridized carbons (Fsp3) is 0.556. The largest absolute Gasteiger partial charge is 0.406 e. The van der Waals surface area contributed by atoms with E-state index in [1.165, 1.54) is 4.57 Å². The molecule has 1 aliphatic rings. The number of rotatable bonds is 1. The van der Waals surface area contributed by atoms with Crippen molar-refractivity contribution >= 4 is 20.1 Å². The van der Waals surface area contributed by atoms with Crippen molar-refractivity contribution in [3.8, 4) is 0 Å². The van der Waals surface area contributed by atoms with E-state index < -0.39 is 23.9 Å². The summed E-state index contributed by atoms with van der Waals surface area (Å²) in [6.45, 7) is -0.250. The average Bonchev–Trinajstić information content (AvgIpc) is 2.71. The molecule has 0 aliphatic carbocycles. The Morgan fingerprint density at radius 1 is 1.67 bits per heavy atom. The first-order valence-electron chi connectivity index (χ1n) is 5.15. The summed E-state index contributed by atoms with van der Waals surface area (Å²) >= 11 is 4.85. The molecule has 1 unspecified atom stereocenters. The Labute approximate surface area is 108 Å². The molecule has 98 valence electrons. The molecule has 1 aromatic rings. The monoisotopic (exact) mass is 274 g/mol. The second kappa shape index (κ2) is 6.79. The van der Waals surface area contributed by atoms with Gasteiger partial charge < -0.3 is 14.9 Å². The molecule has 0 spiro atoms. The highest BCUT2D eigenvalue weighted by molar-refractivity contribution is 7.71. The first-order chi connectivity index (χ1) is 8.49. The molecule has 9 heteroatoms. The highest BCUT2D eigenvalue weighted by atomic mass is 32.1.